The Labute approximate surface area is 140 Å². The number of H-pyrrole nitrogens is 1. The molecule has 0 spiro atoms. The minimum atomic E-state index is -0.325. The standard InChI is InChI=1S/C14H15BrN4O2S/c15-13-4-3-11(22-13)10-17-6-8-18(9-7-17)14-12(19(20)21)2-1-5-16-14/h1-5H,6-10H2/p+2. The van der Waals surface area contributed by atoms with Crippen LogP contribution in [0, 0.1) is 10.1 Å². The SMILES string of the molecule is O=[N+]([O-])c1ccc[nH+]c1N1CC[NH+](Cc2ccc(Br)s2)CC1. The van der Waals surface area contributed by atoms with Crippen LogP contribution in [0.3, 0.4) is 0 Å². The van der Waals surface area contributed by atoms with E-state index in [4.69, 9.17) is 0 Å². The lowest BCUT2D eigenvalue weighted by atomic mass is 10.2. The summed E-state index contributed by atoms with van der Waals surface area (Å²) in [6, 6.07) is 7.45. The predicted octanol–water partition coefficient (Wildman–Crippen LogP) is 1.14. The highest BCUT2D eigenvalue weighted by atomic mass is 79.9. The van der Waals surface area contributed by atoms with Gasteiger partial charge in [-0.3, -0.25) is 10.1 Å². The molecule has 1 fully saturated rings. The number of hydrogen-bond donors (Lipinski definition) is 1. The molecule has 0 atom stereocenters. The second-order valence-electron chi connectivity index (χ2n) is 5.28. The Kier molecular flexibility index (Phi) is 4.70. The fraction of sp³-hybridized carbons (Fsp3) is 0.357. The van der Waals surface area contributed by atoms with Crippen LogP contribution in [0.2, 0.25) is 0 Å². The normalized spacial score (nSPS) is 16.0. The van der Waals surface area contributed by atoms with E-state index in [9.17, 15) is 10.1 Å². The van der Waals surface area contributed by atoms with Gasteiger partial charge in [-0.25, -0.2) is 9.88 Å². The number of pyridine rings is 1. The van der Waals surface area contributed by atoms with Gasteiger partial charge in [-0.1, -0.05) is 0 Å². The van der Waals surface area contributed by atoms with E-state index in [1.165, 1.54) is 9.78 Å². The first-order valence-corrected chi connectivity index (χ1v) is 8.72. The van der Waals surface area contributed by atoms with Gasteiger partial charge in [0.2, 0.25) is 0 Å². The maximum absolute atomic E-state index is 11.1. The third kappa shape index (κ3) is 3.45. The highest BCUT2D eigenvalue weighted by Crippen LogP contribution is 2.23. The number of thiophene rings is 1. The van der Waals surface area contributed by atoms with Crippen molar-refractivity contribution in [1.82, 2.24) is 0 Å². The number of aromatic nitrogens is 1. The summed E-state index contributed by atoms with van der Waals surface area (Å²) in [5, 5.41) is 11.1. The predicted molar refractivity (Wildman–Crippen MR) is 88.3 cm³/mol. The number of quaternary nitrogens is 1. The summed E-state index contributed by atoms with van der Waals surface area (Å²) < 4.78 is 1.16. The van der Waals surface area contributed by atoms with E-state index >= 15 is 0 Å². The van der Waals surface area contributed by atoms with E-state index in [1.807, 2.05) is 0 Å². The average Bonchev–Trinajstić information content (AvgIpc) is 2.93. The van der Waals surface area contributed by atoms with E-state index in [1.54, 1.807) is 29.7 Å². The topological polar surface area (TPSA) is 65.0 Å². The van der Waals surface area contributed by atoms with Gasteiger partial charge < -0.3 is 4.90 Å². The summed E-state index contributed by atoms with van der Waals surface area (Å²) in [6.07, 6.45) is 1.74. The number of nitrogens with zero attached hydrogens (tertiary/aromatic N) is 2. The summed E-state index contributed by atoms with van der Waals surface area (Å²) in [5.41, 5.74) is 0.146. The lowest BCUT2D eigenvalue weighted by Gasteiger charge is -2.27. The van der Waals surface area contributed by atoms with Crippen molar-refractivity contribution in [2.45, 2.75) is 6.54 Å². The smallest absolute Gasteiger partial charge is 0.324 e. The van der Waals surface area contributed by atoms with E-state index in [-0.39, 0.29) is 10.6 Å². The summed E-state index contributed by atoms with van der Waals surface area (Å²) in [4.78, 5) is 18.8. The fourth-order valence-corrected chi connectivity index (χ4v) is 4.29. The Morgan fingerprint density at radius 3 is 2.77 bits per heavy atom. The average molecular weight is 385 g/mol. The van der Waals surface area contributed by atoms with E-state index in [0.29, 0.717) is 5.82 Å². The molecule has 0 aromatic carbocycles. The van der Waals surface area contributed by atoms with Crippen molar-refractivity contribution in [3.63, 3.8) is 0 Å². The van der Waals surface area contributed by atoms with E-state index < -0.39 is 0 Å². The third-order valence-electron chi connectivity index (χ3n) is 3.85. The molecule has 1 aliphatic heterocycles. The molecule has 2 aromatic rings. The number of aromatic amines is 1. The number of anilines is 1. The second-order valence-corrected chi connectivity index (χ2v) is 7.83. The van der Waals surface area contributed by atoms with Crippen molar-refractivity contribution in [2.75, 3.05) is 31.1 Å². The monoisotopic (exact) mass is 384 g/mol. The van der Waals surface area contributed by atoms with Crippen LogP contribution < -0.4 is 14.8 Å². The first-order chi connectivity index (χ1) is 10.6. The number of nitrogens with one attached hydrogen (secondary N) is 2. The van der Waals surface area contributed by atoms with Crippen LogP contribution >= 0.6 is 27.3 Å². The lowest BCUT2D eigenvalue weighted by molar-refractivity contribution is -0.914. The molecular formula is C14H17BrN4O2S+2. The molecule has 8 heteroatoms. The summed E-state index contributed by atoms with van der Waals surface area (Å²) >= 11 is 5.26. The number of nitro groups is 1. The molecule has 1 saturated heterocycles. The Balaban J connectivity index is 1.63. The van der Waals surface area contributed by atoms with Crippen LogP contribution in [0.1, 0.15) is 4.88 Å². The van der Waals surface area contributed by atoms with Crippen LogP contribution in [0.15, 0.2) is 34.2 Å². The van der Waals surface area contributed by atoms with Crippen LogP contribution in [0.5, 0.6) is 0 Å². The lowest BCUT2D eigenvalue weighted by Crippen LogP contribution is -3.13. The number of halogens is 1. The third-order valence-corrected chi connectivity index (χ3v) is 5.47. The molecule has 0 bridgehead atoms. The quantitative estimate of drug-likeness (QED) is 0.634. The molecule has 0 amide bonds. The Morgan fingerprint density at radius 1 is 1.36 bits per heavy atom. The molecule has 0 aliphatic carbocycles. The zero-order valence-corrected chi connectivity index (χ0v) is 14.3. The molecule has 1 aliphatic rings. The molecule has 0 saturated carbocycles. The van der Waals surface area contributed by atoms with Crippen molar-refractivity contribution >= 4 is 38.8 Å². The highest BCUT2D eigenvalue weighted by Gasteiger charge is 2.32. The van der Waals surface area contributed by atoms with Gasteiger partial charge in [0.1, 0.15) is 32.7 Å². The van der Waals surface area contributed by atoms with Crippen LogP contribution in [-0.2, 0) is 6.54 Å². The van der Waals surface area contributed by atoms with Gasteiger partial charge in [0.15, 0.2) is 0 Å². The van der Waals surface area contributed by atoms with E-state index in [2.05, 4.69) is 37.9 Å². The first kappa shape index (κ1) is 15.4. The largest absolute Gasteiger partial charge is 0.357 e. The molecule has 2 aromatic heterocycles. The highest BCUT2D eigenvalue weighted by molar-refractivity contribution is 9.11. The molecule has 22 heavy (non-hydrogen) atoms. The van der Waals surface area contributed by atoms with Crippen molar-refractivity contribution in [3.8, 4) is 0 Å². The number of piperazine rings is 1. The van der Waals surface area contributed by atoms with E-state index in [0.717, 1.165) is 36.5 Å². The van der Waals surface area contributed by atoms with Gasteiger partial charge in [0, 0.05) is 6.07 Å². The molecular weight excluding hydrogens is 368 g/mol. The number of hydrogen-bond acceptors (Lipinski definition) is 4. The minimum Gasteiger partial charge on any atom is -0.324 e. The molecule has 0 radical (unpaired) electrons. The minimum absolute atomic E-state index is 0.146. The van der Waals surface area contributed by atoms with Crippen LogP contribution in [-0.4, -0.2) is 31.1 Å². The summed E-state index contributed by atoms with van der Waals surface area (Å²) in [5.74, 6) is 0.616. The van der Waals surface area contributed by atoms with Crippen molar-refractivity contribution in [3.05, 3.63) is 49.2 Å². The second kappa shape index (κ2) is 6.72. The van der Waals surface area contributed by atoms with Crippen molar-refractivity contribution < 1.29 is 14.8 Å². The van der Waals surface area contributed by atoms with Gasteiger partial charge in [-0.05, 0) is 34.1 Å². The van der Waals surface area contributed by atoms with Gasteiger partial charge in [-0.15, -0.1) is 11.3 Å². The first-order valence-electron chi connectivity index (χ1n) is 7.11. The Morgan fingerprint density at radius 2 is 2.14 bits per heavy atom. The zero-order chi connectivity index (χ0) is 15.5. The fourth-order valence-electron chi connectivity index (χ4n) is 2.74. The zero-order valence-electron chi connectivity index (χ0n) is 11.9. The number of rotatable bonds is 4. The van der Waals surface area contributed by atoms with Gasteiger partial charge in [0.05, 0.1) is 19.8 Å². The van der Waals surface area contributed by atoms with Gasteiger partial charge >= 0.3 is 11.5 Å². The molecule has 6 nitrogen and oxygen atoms in total. The summed E-state index contributed by atoms with van der Waals surface area (Å²) in [7, 11) is 0. The summed E-state index contributed by atoms with van der Waals surface area (Å²) in [6.45, 7) is 4.63. The maximum Gasteiger partial charge on any atom is 0.357 e. The molecule has 3 heterocycles. The maximum atomic E-state index is 11.1. The molecule has 116 valence electrons. The van der Waals surface area contributed by atoms with Crippen LogP contribution in [0.25, 0.3) is 0 Å². The van der Waals surface area contributed by atoms with Crippen molar-refractivity contribution in [2.24, 2.45) is 0 Å². The van der Waals surface area contributed by atoms with Crippen LogP contribution in [0.4, 0.5) is 11.5 Å². The van der Waals surface area contributed by atoms with Gasteiger partial charge in [0.25, 0.3) is 0 Å². The van der Waals surface area contributed by atoms with Crippen molar-refractivity contribution in [1.29, 1.82) is 0 Å². The Hall–Kier alpha value is -1.51. The molecule has 3 rings (SSSR count). The Bertz CT molecular complexity index is 670. The molecule has 0 unspecified atom stereocenters. The van der Waals surface area contributed by atoms with Gasteiger partial charge in [-0.2, -0.15) is 0 Å². The molecule has 2 N–H and O–H groups in total.